The normalized spacial score (nSPS) is 4.29. The Balaban J connectivity index is -0.0000000480. The maximum absolute atomic E-state index is 8.89. The summed E-state index contributed by atoms with van der Waals surface area (Å²) >= 11 is 0. The van der Waals surface area contributed by atoms with Crippen molar-refractivity contribution in [2.24, 2.45) is 0 Å². The van der Waals surface area contributed by atoms with Crippen molar-refractivity contribution in [1.29, 1.82) is 0 Å². The van der Waals surface area contributed by atoms with Crippen molar-refractivity contribution in [2.45, 2.75) is 6.92 Å². The molecule has 0 saturated carbocycles. The second kappa shape index (κ2) is 16.1. The third-order valence-electron chi connectivity index (χ3n) is 0. The monoisotopic (exact) mass is 177 g/mol. The van der Waals surface area contributed by atoms with Crippen molar-refractivity contribution in [2.75, 3.05) is 0 Å². The topological polar surface area (TPSA) is 37.3 Å². The van der Waals surface area contributed by atoms with Crippen LogP contribution in [0.25, 0.3) is 0 Å². The third kappa shape index (κ3) is 646. The molecule has 2 nitrogen and oxygen atoms in total. The van der Waals surface area contributed by atoms with Gasteiger partial charge < -0.3 is 12.0 Å². The van der Waals surface area contributed by atoms with Crippen LogP contribution >= 0.6 is 0 Å². The van der Waals surface area contributed by atoms with Crippen molar-refractivity contribution in [3.63, 3.8) is 0 Å². The maximum Gasteiger partial charge on any atom is 0.161 e. The Morgan fingerprint density at radius 2 is 1.57 bits per heavy atom. The molecular weight excluding hydrogens is 169 g/mol. The van der Waals surface area contributed by atoms with Gasteiger partial charge in [0.1, 0.15) is 0 Å². The Morgan fingerprint density at radius 1 is 1.57 bits per heavy atom. The van der Waals surface area contributed by atoms with Gasteiger partial charge in [0.05, 0.1) is 0 Å². The van der Waals surface area contributed by atoms with Crippen LogP contribution in [0.1, 0.15) is 6.92 Å². The van der Waals surface area contributed by atoms with Crippen LogP contribution in [0.5, 0.6) is 0 Å². The molecule has 0 fully saturated rings. The van der Waals surface area contributed by atoms with Crippen LogP contribution in [0, 0.1) is 13.8 Å². The molecule has 0 bridgehead atoms. The summed E-state index contributed by atoms with van der Waals surface area (Å²) in [6.45, 7) is 7.56. The SMILES string of the molecule is [CH2-]C.[CH2-]C(=O)O.[Y]. The van der Waals surface area contributed by atoms with Crippen LogP contribution in [-0.4, -0.2) is 11.1 Å². The standard InChI is InChI=1S/C2H3O2.C2H5.Y/c1-2(3)4;1-2;/h1H2,(H,3,4);1H2,2H3;/q2*-1;. The zero-order valence-electron chi connectivity index (χ0n) is 4.35. The van der Waals surface area contributed by atoms with Crippen molar-refractivity contribution in [3.05, 3.63) is 13.8 Å². The molecule has 0 aromatic heterocycles. The Kier molecular flexibility index (Phi) is 36.0. The summed E-state index contributed by atoms with van der Waals surface area (Å²) in [7, 11) is 0. The summed E-state index contributed by atoms with van der Waals surface area (Å²) in [6, 6.07) is 0. The van der Waals surface area contributed by atoms with Gasteiger partial charge in [-0.1, -0.05) is 0 Å². The van der Waals surface area contributed by atoms with E-state index in [9.17, 15) is 0 Å². The summed E-state index contributed by atoms with van der Waals surface area (Å²) in [5.41, 5.74) is 0. The van der Waals surface area contributed by atoms with Gasteiger partial charge in [-0.05, 0) is 0 Å². The van der Waals surface area contributed by atoms with Gasteiger partial charge in [0, 0.05) is 32.7 Å². The molecule has 0 heterocycles. The van der Waals surface area contributed by atoms with Gasteiger partial charge >= 0.3 is 0 Å². The zero-order valence-corrected chi connectivity index (χ0v) is 7.19. The van der Waals surface area contributed by atoms with Gasteiger partial charge in [-0.3, -0.25) is 11.7 Å². The molecule has 0 spiro atoms. The molecule has 0 amide bonds. The molecule has 7 heavy (non-hydrogen) atoms. The van der Waals surface area contributed by atoms with Crippen molar-refractivity contribution >= 4 is 5.97 Å². The number of rotatable bonds is 0. The average Bonchev–Trinajstić information content (AvgIpc) is 1.41. The average molecular weight is 177 g/mol. The van der Waals surface area contributed by atoms with Crippen LogP contribution < -0.4 is 0 Å². The van der Waals surface area contributed by atoms with E-state index < -0.39 is 5.97 Å². The molecule has 0 atom stereocenters. The molecular formula is C4H8O2Y-2. The fraction of sp³-hybridized carbons (Fsp3) is 0.250. The van der Waals surface area contributed by atoms with Crippen molar-refractivity contribution < 1.29 is 42.6 Å². The van der Waals surface area contributed by atoms with Gasteiger partial charge in [0.25, 0.3) is 0 Å². The molecule has 0 aromatic carbocycles. The molecule has 3 heteroatoms. The summed E-state index contributed by atoms with van der Waals surface area (Å²) in [5, 5.41) is 7.31. The number of hydrogen-bond acceptors (Lipinski definition) is 1. The molecule has 41 valence electrons. The Hall–Kier alpha value is 0.444. The van der Waals surface area contributed by atoms with Gasteiger partial charge in [0.2, 0.25) is 0 Å². The molecule has 0 rings (SSSR count). The zero-order chi connectivity index (χ0) is 5.58. The van der Waals surface area contributed by atoms with E-state index in [1.807, 2.05) is 0 Å². The summed E-state index contributed by atoms with van der Waals surface area (Å²) in [5.74, 6) is -1.08. The van der Waals surface area contributed by atoms with Crippen LogP contribution in [0.2, 0.25) is 0 Å². The third-order valence-corrected chi connectivity index (χ3v) is 0. The van der Waals surface area contributed by atoms with Crippen molar-refractivity contribution in [3.8, 4) is 0 Å². The van der Waals surface area contributed by atoms with E-state index in [4.69, 9.17) is 9.90 Å². The van der Waals surface area contributed by atoms with E-state index in [0.29, 0.717) is 0 Å². The fourth-order valence-electron chi connectivity index (χ4n) is 0. The Bertz CT molecular complexity index is 32.7. The maximum atomic E-state index is 8.89. The predicted octanol–water partition coefficient (Wildman–Crippen LogP) is 0.743. The number of hydrogen-bond donors (Lipinski definition) is 1. The molecule has 0 unspecified atom stereocenters. The fourth-order valence-corrected chi connectivity index (χ4v) is 0. The number of carboxylic acids is 1. The van der Waals surface area contributed by atoms with Crippen molar-refractivity contribution in [1.82, 2.24) is 0 Å². The van der Waals surface area contributed by atoms with E-state index >= 15 is 0 Å². The number of carboxylic acid groups (broad SMARTS) is 1. The first kappa shape index (κ1) is 15.7. The second-order valence-electron chi connectivity index (χ2n) is 0.394. The van der Waals surface area contributed by atoms with Gasteiger partial charge in [-0.2, -0.15) is 6.92 Å². The largest absolute Gasteiger partial charge is 0.503 e. The van der Waals surface area contributed by atoms with Crippen LogP contribution in [0.15, 0.2) is 0 Å². The minimum atomic E-state index is -1.08. The Morgan fingerprint density at radius 3 is 1.57 bits per heavy atom. The molecule has 0 saturated heterocycles. The molecule has 0 aliphatic rings. The molecule has 1 radical (unpaired) electrons. The second-order valence-corrected chi connectivity index (χ2v) is 0.394. The summed E-state index contributed by atoms with van der Waals surface area (Å²) < 4.78 is 0. The van der Waals surface area contributed by atoms with Gasteiger partial charge in [0.15, 0.2) is 5.97 Å². The molecule has 1 N–H and O–H groups in total. The van der Waals surface area contributed by atoms with Crippen LogP contribution in [0.4, 0.5) is 0 Å². The van der Waals surface area contributed by atoms with E-state index in [2.05, 4.69) is 13.8 Å². The van der Waals surface area contributed by atoms with Gasteiger partial charge in [-0.25, -0.2) is 0 Å². The minimum absolute atomic E-state index is 0. The molecule has 0 aliphatic carbocycles. The van der Waals surface area contributed by atoms with E-state index in [0.717, 1.165) is 0 Å². The summed E-state index contributed by atoms with van der Waals surface area (Å²) in [6.07, 6.45) is 0. The van der Waals surface area contributed by atoms with Crippen LogP contribution in [-0.2, 0) is 37.5 Å². The molecule has 0 aromatic rings. The summed E-state index contributed by atoms with van der Waals surface area (Å²) in [4.78, 5) is 8.89. The Labute approximate surface area is 69.2 Å². The first-order chi connectivity index (χ1) is 2.73. The predicted molar refractivity (Wildman–Crippen MR) is 24.0 cm³/mol. The van der Waals surface area contributed by atoms with E-state index in [1.54, 1.807) is 6.92 Å². The minimum Gasteiger partial charge on any atom is -0.503 e. The van der Waals surface area contributed by atoms with E-state index in [1.165, 1.54) is 0 Å². The van der Waals surface area contributed by atoms with Crippen LogP contribution in [0.3, 0.4) is 0 Å². The van der Waals surface area contributed by atoms with E-state index in [-0.39, 0.29) is 32.7 Å². The molecule has 0 aliphatic heterocycles. The quantitative estimate of drug-likeness (QED) is 0.554. The first-order valence-electron chi connectivity index (χ1n) is 1.49. The number of carbonyl (C=O) groups is 1. The van der Waals surface area contributed by atoms with Gasteiger partial charge in [-0.15, -0.1) is 0 Å². The number of aliphatic carboxylic acids is 1. The smallest absolute Gasteiger partial charge is 0.161 e. The first-order valence-corrected chi connectivity index (χ1v) is 1.49.